The van der Waals surface area contributed by atoms with Gasteiger partial charge in [0.05, 0.1) is 23.4 Å². The van der Waals surface area contributed by atoms with Crippen molar-refractivity contribution in [2.24, 2.45) is 0 Å². The van der Waals surface area contributed by atoms with E-state index in [1.54, 1.807) is 21.8 Å². The summed E-state index contributed by atoms with van der Waals surface area (Å²) in [5.74, 6) is 0.825. The molecule has 1 fully saturated rings. The second-order valence-corrected chi connectivity index (χ2v) is 6.36. The molecule has 4 rings (SSSR count). The van der Waals surface area contributed by atoms with Gasteiger partial charge in [-0.1, -0.05) is 11.6 Å². The number of hydrogen-bond donors (Lipinski definition) is 1. The number of rotatable bonds is 5. The van der Waals surface area contributed by atoms with Crippen LogP contribution in [0.1, 0.15) is 11.6 Å². The van der Waals surface area contributed by atoms with Gasteiger partial charge in [0.15, 0.2) is 5.82 Å². The summed E-state index contributed by atoms with van der Waals surface area (Å²) < 4.78 is 22.6. The Kier molecular flexibility index (Phi) is 4.91. The zero-order valence-corrected chi connectivity index (χ0v) is 14.6. The molecule has 3 aromatic rings. The fraction of sp³-hybridized carbons (Fsp3) is 0.375. The van der Waals surface area contributed by atoms with E-state index in [1.165, 1.54) is 18.5 Å². The maximum absolute atomic E-state index is 13.5. The van der Waals surface area contributed by atoms with Crippen LogP contribution in [0.15, 0.2) is 30.9 Å². The molecule has 0 aliphatic carbocycles. The van der Waals surface area contributed by atoms with Crippen molar-refractivity contribution in [1.82, 2.24) is 34.8 Å². The SMILES string of the molecule is Fc1ccc(-n2nc(Cn3cncn3)nc2C[C@@H]2CNCCO2)cc1Cl. The lowest BCUT2D eigenvalue weighted by Gasteiger charge is -2.23. The van der Waals surface area contributed by atoms with Gasteiger partial charge in [-0.3, -0.25) is 0 Å². The number of benzene rings is 1. The predicted octanol–water partition coefficient (Wildman–Crippen LogP) is 1.23. The van der Waals surface area contributed by atoms with Gasteiger partial charge in [-0.05, 0) is 18.2 Å². The van der Waals surface area contributed by atoms with Crippen molar-refractivity contribution in [2.45, 2.75) is 19.1 Å². The molecule has 3 heterocycles. The van der Waals surface area contributed by atoms with Crippen LogP contribution in [0.3, 0.4) is 0 Å². The standard InChI is InChI=1S/C16H17ClFN7O/c17-13-5-11(1-2-14(13)18)25-16(6-12-7-19-3-4-26-12)22-15(23-25)8-24-10-20-9-21-24/h1-2,5,9-10,12,19H,3-4,6-8H2/t12-/m1/s1. The molecule has 10 heteroatoms. The van der Waals surface area contributed by atoms with Gasteiger partial charge in [-0.2, -0.15) is 5.10 Å². The molecule has 1 aliphatic rings. The molecule has 0 bridgehead atoms. The highest BCUT2D eigenvalue weighted by atomic mass is 35.5. The number of nitrogens with zero attached hydrogens (tertiary/aromatic N) is 6. The van der Waals surface area contributed by atoms with Gasteiger partial charge in [0.2, 0.25) is 0 Å². The van der Waals surface area contributed by atoms with Crippen LogP contribution in [0.5, 0.6) is 0 Å². The van der Waals surface area contributed by atoms with Crippen LogP contribution >= 0.6 is 11.6 Å². The van der Waals surface area contributed by atoms with E-state index in [1.807, 2.05) is 0 Å². The molecule has 26 heavy (non-hydrogen) atoms. The molecule has 0 radical (unpaired) electrons. The Morgan fingerprint density at radius 2 is 2.31 bits per heavy atom. The summed E-state index contributed by atoms with van der Waals surface area (Å²) >= 11 is 5.94. The highest BCUT2D eigenvalue weighted by Gasteiger charge is 2.20. The molecule has 136 valence electrons. The smallest absolute Gasteiger partial charge is 0.172 e. The van der Waals surface area contributed by atoms with Gasteiger partial charge in [-0.25, -0.2) is 23.7 Å². The van der Waals surface area contributed by atoms with Gasteiger partial charge in [0, 0.05) is 19.5 Å². The Morgan fingerprint density at radius 3 is 3.04 bits per heavy atom. The topological polar surface area (TPSA) is 82.7 Å². The highest BCUT2D eigenvalue weighted by molar-refractivity contribution is 6.30. The van der Waals surface area contributed by atoms with Crippen molar-refractivity contribution >= 4 is 11.6 Å². The number of morpholine rings is 1. The van der Waals surface area contributed by atoms with E-state index in [0.717, 1.165) is 18.9 Å². The van der Waals surface area contributed by atoms with E-state index in [2.05, 4.69) is 25.5 Å². The molecule has 0 amide bonds. The summed E-state index contributed by atoms with van der Waals surface area (Å²) in [7, 11) is 0. The normalized spacial score (nSPS) is 17.5. The summed E-state index contributed by atoms with van der Waals surface area (Å²) in [5, 5.41) is 12.0. The molecular weight excluding hydrogens is 361 g/mol. The number of nitrogens with one attached hydrogen (secondary N) is 1. The number of ether oxygens (including phenoxy) is 1. The Morgan fingerprint density at radius 1 is 1.38 bits per heavy atom. The van der Waals surface area contributed by atoms with E-state index in [0.29, 0.717) is 31.1 Å². The van der Waals surface area contributed by atoms with Gasteiger partial charge in [0.25, 0.3) is 0 Å². The fourth-order valence-electron chi connectivity index (χ4n) is 2.83. The van der Waals surface area contributed by atoms with Crippen LogP contribution in [0, 0.1) is 5.82 Å². The van der Waals surface area contributed by atoms with E-state index >= 15 is 0 Å². The van der Waals surface area contributed by atoms with Crippen LogP contribution in [0.4, 0.5) is 4.39 Å². The largest absolute Gasteiger partial charge is 0.375 e. The van der Waals surface area contributed by atoms with E-state index in [-0.39, 0.29) is 11.1 Å². The van der Waals surface area contributed by atoms with Crippen LogP contribution < -0.4 is 5.32 Å². The number of hydrogen-bond acceptors (Lipinski definition) is 6. The highest BCUT2D eigenvalue weighted by Crippen LogP contribution is 2.20. The Balaban J connectivity index is 1.66. The van der Waals surface area contributed by atoms with Crippen molar-refractivity contribution in [3.63, 3.8) is 0 Å². The van der Waals surface area contributed by atoms with Gasteiger partial charge in [0.1, 0.15) is 30.8 Å². The second kappa shape index (κ2) is 7.48. The van der Waals surface area contributed by atoms with Crippen LogP contribution in [-0.4, -0.2) is 55.3 Å². The molecule has 8 nitrogen and oxygen atoms in total. The van der Waals surface area contributed by atoms with Crippen LogP contribution in [0.25, 0.3) is 5.69 Å². The molecule has 1 aliphatic heterocycles. The average molecular weight is 378 g/mol. The van der Waals surface area contributed by atoms with Crippen molar-refractivity contribution in [1.29, 1.82) is 0 Å². The molecular formula is C16H17ClFN7O. The quantitative estimate of drug-likeness (QED) is 0.720. The van der Waals surface area contributed by atoms with Gasteiger partial charge in [-0.15, -0.1) is 5.10 Å². The summed E-state index contributed by atoms with van der Waals surface area (Å²) in [6.07, 6.45) is 3.64. The first-order chi connectivity index (χ1) is 12.7. The first-order valence-corrected chi connectivity index (χ1v) is 8.62. The van der Waals surface area contributed by atoms with E-state index < -0.39 is 5.82 Å². The summed E-state index contributed by atoms with van der Waals surface area (Å²) in [5.41, 5.74) is 0.646. The third kappa shape index (κ3) is 3.74. The minimum Gasteiger partial charge on any atom is -0.375 e. The molecule has 1 saturated heterocycles. The van der Waals surface area contributed by atoms with E-state index in [4.69, 9.17) is 16.3 Å². The number of halogens is 2. The molecule has 0 saturated carbocycles. The minimum absolute atomic E-state index is 0.00170. The van der Waals surface area contributed by atoms with Crippen molar-refractivity contribution in [2.75, 3.05) is 19.7 Å². The first kappa shape index (κ1) is 17.1. The minimum atomic E-state index is -0.472. The van der Waals surface area contributed by atoms with Crippen molar-refractivity contribution in [3.8, 4) is 5.69 Å². The van der Waals surface area contributed by atoms with Crippen molar-refractivity contribution < 1.29 is 9.13 Å². The zero-order valence-electron chi connectivity index (χ0n) is 13.8. The maximum atomic E-state index is 13.5. The lowest BCUT2D eigenvalue weighted by molar-refractivity contribution is 0.0277. The van der Waals surface area contributed by atoms with Gasteiger partial charge >= 0.3 is 0 Å². The average Bonchev–Trinajstić information content (AvgIpc) is 3.29. The monoisotopic (exact) mass is 377 g/mol. The van der Waals surface area contributed by atoms with Crippen LogP contribution in [-0.2, 0) is 17.7 Å². The maximum Gasteiger partial charge on any atom is 0.172 e. The second-order valence-electron chi connectivity index (χ2n) is 5.95. The Bertz CT molecular complexity index is 877. The predicted molar refractivity (Wildman–Crippen MR) is 91.8 cm³/mol. The number of aromatic nitrogens is 6. The summed E-state index contributed by atoms with van der Waals surface area (Å²) in [6, 6.07) is 4.48. The van der Waals surface area contributed by atoms with Crippen LogP contribution in [0.2, 0.25) is 5.02 Å². The Labute approximate surface area is 154 Å². The summed E-state index contributed by atoms with van der Waals surface area (Å²) in [4.78, 5) is 8.55. The molecule has 1 N–H and O–H groups in total. The lowest BCUT2D eigenvalue weighted by atomic mass is 10.2. The molecule has 1 aromatic carbocycles. The van der Waals surface area contributed by atoms with Crippen molar-refractivity contribution in [3.05, 3.63) is 53.3 Å². The molecule has 2 aromatic heterocycles. The zero-order chi connectivity index (χ0) is 17.9. The Hall–Kier alpha value is -2.36. The fourth-order valence-corrected chi connectivity index (χ4v) is 3.00. The summed E-state index contributed by atoms with van der Waals surface area (Å²) in [6.45, 7) is 2.63. The molecule has 0 unspecified atom stereocenters. The lowest BCUT2D eigenvalue weighted by Crippen LogP contribution is -2.40. The van der Waals surface area contributed by atoms with E-state index in [9.17, 15) is 4.39 Å². The van der Waals surface area contributed by atoms with Gasteiger partial charge < -0.3 is 10.1 Å². The third-order valence-electron chi connectivity index (χ3n) is 4.05. The first-order valence-electron chi connectivity index (χ1n) is 8.24. The molecule has 0 spiro atoms. The third-order valence-corrected chi connectivity index (χ3v) is 4.34. The molecule has 1 atom stereocenters.